The van der Waals surface area contributed by atoms with Crippen LogP contribution in [0.15, 0.2) is 97.2 Å². The van der Waals surface area contributed by atoms with E-state index in [2.05, 4.69) is 111 Å². The fraction of sp³-hybridized carbons (Fsp3) is 0.802. The molecule has 0 aromatic rings. The van der Waals surface area contributed by atoms with Crippen LogP contribution in [0, 0.1) is 0 Å². The molecule has 0 aliphatic heterocycles. The van der Waals surface area contributed by atoms with Crippen molar-refractivity contribution in [2.24, 2.45) is 0 Å². The summed E-state index contributed by atoms with van der Waals surface area (Å²) >= 11 is 0. The van der Waals surface area contributed by atoms with Gasteiger partial charge in [0.25, 0.3) is 0 Å². The molecule has 1 atom stereocenters. The van der Waals surface area contributed by atoms with Gasteiger partial charge in [-0.2, -0.15) is 0 Å². The predicted octanol–water partition coefficient (Wildman–Crippen LogP) is 30.4. The Morgan fingerprint density at radius 2 is 0.448 bits per heavy atom. The fourth-order valence-electron chi connectivity index (χ4n) is 13.1. The first-order chi connectivity index (χ1) is 47.6. The molecule has 0 fully saturated rings. The lowest BCUT2D eigenvalue weighted by atomic mass is 10.0. The van der Waals surface area contributed by atoms with Gasteiger partial charge >= 0.3 is 11.9 Å². The summed E-state index contributed by atoms with van der Waals surface area (Å²) in [6, 6.07) is 0. The van der Waals surface area contributed by atoms with Crippen LogP contribution in [0.4, 0.5) is 0 Å². The summed E-state index contributed by atoms with van der Waals surface area (Å²) in [6.45, 7) is 4.09. The summed E-state index contributed by atoms with van der Waals surface area (Å²) in [5.41, 5.74) is 0. The van der Waals surface area contributed by atoms with Gasteiger partial charge in [-0.25, -0.2) is 0 Å². The highest BCUT2D eigenvalue weighted by atomic mass is 16.6. The molecule has 0 spiro atoms. The molecule has 0 aromatic carbocycles. The van der Waals surface area contributed by atoms with E-state index in [0.717, 1.165) is 89.9 Å². The number of esters is 2. The Morgan fingerprint density at radius 3 is 0.677 bits per heavy atom. The zero-order chi connectivity index (χ0) is 69.0. The van der Waals surface area contributed by atoms with Crippen molar-refractivity contribution >= 4 is 11.9 Å². The fourth-order valence-corrected chi connectivity index (χ4v) is 13.1. The molecular formula is C91H164O5. The van der Waals surface area contributed by atoms with Crippen LogP contribution < -0.4 is 0 Å². The van der Waals surface area contributed by atoms with Gasteiger partial charge in [0.15, 0.2) is 6.10 Å². The van der Waals surface area contributed by atoms with E-state index in [9.17, 15) is 14.7 Å². The second-order valence-corrected chi connectivity index (χ2v) is 28.9. The van der Waals surface area contributed by atoms with Crippen molar-refractivity contribution in [3.63, 3.8) is 0 Å². The summed E-state index contributed by atoms with van der Waals surface area (Å²) in [6.07, 6.45) is 124. The molecule has 0 heterocycles. The zero-order valence-corrected chi connectivity index (χ0v) is 64.4. The molecule has 0 bridgehead atoms. The molecule has 0 aliphatic rings. The molecule has 96 heavy (non-hydrogen) atoms. The minimum absolute atomic E-state index is 0.0628. The Morgan fingerprint density at radius 1 is 0.250 bits per heavy atom. The van der Waals surface area contributed by atoms with Crippen molar-refractivity contribution in [3.05, 3.63) is 97.2 Å². The quantitative estimate of drug-likeness (QED) is 0.0373. The minimum atomic E-state index is -0.776. The van der Waals surface area contributed by atoms with Crippen molar-refractivity contribution < 1.29 is 24.2 Å². The van der Waals surface area contributed by atoms with Crippen molar-refractivity contribution in [3.8, 4) is 0 Å². The van der Waals surface area contributed by atoms with Gasteiger partial charge < -0.3 is 14.6 Å². The molecule has 5 nitrogen and oxygen atoms in total. The zero-order valence-electron chi connectivity index (χ0n) is 64.4. The van der Waals surface area contributed by atoms with Gasteiger partial charge in [0.2, 0.25) is 0 Å². The molecule has 0 aromatic heterocycles. The molecule has 0 saturated heterocycles. The van der Waals surface area contributed by atoms with E-state index < -0.39 is 6.10 Å². The van der Waals surface area contributed by atoms with Crippen LogP contribution in [-0.4, -0.2) is 36.4 Å². The highest BCUT2D eigenvalue weighted by Gasteiger charge is 2.16. The Hall–Kier alpha value is -3.18. The molecule has 0 aliphatic carbocycles. The summed E-state index contributed by atoms with van der Waals surface area (Å²) in [7, 11) is 0. The monoisotopic (exact) mass is 1340 g/mol. The van der Waals surface area contributed by atoms with Crippen molar-refractivity contribution in [1.82, 2.24) is 0 Å². The van der Waals surface area contributed by atoms with Gasteiger partial charge in [-0.3, -0.25) is 9.59 Å². The van der Waals surface area contributed by atoms with Crippen molar-refractivity contribution in [2.75, 3.05) is 13.2 Å². The van der Waals surface area contributed by atoms with Crippen LogP contribution in [0.1, 0.15) is 450 Å². The van der Waals surface area contributed by atoms with Crippen LogP contribution in [0.3, 0.4) is 0 Å². The van der Waals surface area contributed by atoms with Gasteiger partial charge in [-0.05, 0) is 77.0 Å². The number of carbonyl (C=O) groups excluding carboxylic acids is 2. The lowest BCUT2D eigenvalue weighted by Gasteiger charge is -2.15. The van der Waals surface area contributed by atoms with Crippen LogP contribution in [0.25, 0.3) is 0 Å². The Kier molecular flexibility index (Phi) is 83.2. The maximum Gasteiger partial charge on any atom is 0.306 e. The highest BCUT2D eigenvalue weighted by molar-refractivity contribution is 5.70. The average molecular weight is 1340 g/mol. The van der Waals surface area contributed by atoms with E-state index in [1.807, 2.05) is 0 Å². The smallest absolute Gasteiger partial charge is 0.306 e. The van der Waals surface area contributed by atoms with E-state index in [4.69, 9.17) is 9.47 Å². The van der Waals surface area contributed by atoms with Crippen molar-refractivity contribution in [1.29, 1.82) is 0 Å². The maximum absolute atomic E-state index is 12.4. The number of aliphatic hydroxyl groups excluding tert-OH is 1. The predicted molar refractivity (Wildman–Crippen MR) is 426 cm³/mol. The molecular weight excluding hydrogens is 1170 g/mol. The molecule has 558 valence electrons. The summed E-state index contributed by atoms with van der Waals surface area (Å²) in [5.74, 6) is -0.570. The lowest BCUT2D eigenvalue weighted by molar-refractivity contribution is -0.161. The summed E-state index contributed by atoms with van der Waals surface area (Å²) in [4.78, 5) is 24.8. The van der Waals surface area contributed by atoms with Gasteiger partial charge in [0.05, 0.1) is 6.61 Å². The Bertz CT molecular complexity index is 1760. The molecule has 0 radical (unpaired) electrons. The first kappa shape index (κ1) is 92.8. The van der Waals surface area contributed by atoms with E-state index in [0.29, 0.717) is 12.8 Å². The number of unbranched alkanes of at least 4 members (excludes halogenated alkanes) is 56. The Balaban J connectivity index is 3.40. The van der Waals surface area contributed by atoms with Crippen LogP contribution >= 0.6 is 0 Å². The second-order valence-electron chi connectivity index (χ2n) is 28.9. The maximum atomic E-state index is 12.4. The van der Waals surface area contributed by atoms with Crippen molar-refractivity contribution in [2.45, 2.75) is 457 Å². The first-order valence-electron chi connectivity index (χ1n) is 42.8. The summed E-state index contributed by atoms with van der Waals surface area (Å²) in [5, 5.41) is 9.74. The molecule has 5 heteroatoms. The standard InChI is InChI=1S/C91H164O5/c1-3-5-7-9-11-13-15-17-19-21-23-25-27-29-31-33-35-37-39-41-43-45-47-49-51-53-55-57-59-61-63-65-67-69-71-73-75-77-79-81-83-85-90(93)95-88-89(87-92)96-91(94)86-84-82-80-78-76-74-72-70-68-66-64-62-60-58-56-54-52-50-48-46-44-42-40-38-36-34-32-30-28-26-24-22-20-18-16-14-12-10-8-6-4-2/h6,8,12,14,18,20,24,26,30,32,36,38,42,44,48,50,89,92H,3-5,7,9-11,13,15-17,19,21-23,25,27-29,31,33-35,37,39-41,43,45-47,49,51-88H2,1-2H3/b8-6-,14-12-,20-18-,26-24-,32-30-,38-36-,44-42-,50-48-. The van der Waals surface area contributed by atoms with Crippen LogP contribution in [0.2, 0.25) is 0 Å². The number of ether oxygens (including phenoxy) is 2. The third-order valence-electron chi connectivity index (χ3n) is 19.4. The topological polar surface area (TPSA) is 72.8 Å². The molecule has 1 unspecified atom stereocenters. The lowest BCUT2D eigenvalue weighted by Crippen LogP contribution is -2.28. The number of aliphatic hydroxyl groups is 1. The minimum Gasteiger partial charge on any atom is -0.462 e. The third-order valence-corrected chi connectivity index (χ3v) is 19.4. The van der Waals surface area contributed by atoms with Crippen LogP contribution in [-0.2, 0) is 19.1 Å². The van der Waals surface area contributed by atoms with Gasteiger partial charge in [0.1, 0.15) is 6.61 Å². The number of hydrogen-bond donors (Lipinski definition) is 1. The highest BCUT2D eigenvalue weighted by Crippen LogP contribution is 2.20. The Labute approximate surface area is 599 Å². The van der Waals surface area contributed by atoms with Crippen LogP contribution in [0.5, 0.6) is 0 Å². The van der Waals surface area contributed by atoms with E-state index in [1.54, 1.807) is 0 Å². The van der Waals surface area contributed by atoms with Gasteiger partial charge in [0, 0.05) is 12.8 Å². The normalized spacial score (nSPS) is 12.7. The number of hydrogen-bond acceptors (Lipinski definition) is 5. The average Bonchev–Trinajstić information content (AvgIpc) is 3.79. The first-order valence-corrected chi connectivity index (χ1v) is 42.8. The number of carbonyl (C=O) groups is 2. The van der Waals surface area contributed by atoms with E-state index >= 15 is 0 Å². The number of rotatable bonds is 80. The van der Waals surface area contributed by atoms with Gasteiger partial charge in [-0.1, -0.05) is 458 Å². The van der Waals surface area contributed by atoms with E-state index in [1.165, 1.54) is 334 Å². The van der Waals surface area contributed by atoms with Gasteiger partial charge in [-0.15, -0.1) is 0 Å². The molecule has 0 rings (SSSR count). The molecule has 1 N–H and O–H groups in total. The molecule has 0 saturated carbocycles. The second kappa shape index (κ2) is 86.0. The number of allylic oxidation sites excluding steroid dienone is 16. The largest absolute Gasteiger partial charge is 0.462 e. The summed E-state index contributed by atoms with van der Waals surface area (Å²) < 4.78 is 10.8. The SMILES string of the molecule is CC/C=C\C/C=C\C/C=C\C/C=C\C/C=C\C/C=C\C/C=C\C/C=C\CCCCCCCCCCCCCCCCCCC(=O)OC(CO)COC(=O)CCCCCCCCCCCCCCCCCCCCCCCCCCCCCCCCCCCCCCCCCCC. The molecule has 0 amide bonds. The third kappa shape index (κ3) is 83.2. The van der Waals surface area contributed by atoms with E-state index in [-0.39, 0.29) is 25.2 Å².